The van der Waals surface area contributed by atoms with Crippen molar-refractivity contribution in [3.05, 3.63) is 83.8 Å². The van der Waals surface area contributed by atoms with Crippen molar-refractivity contribution in [2.24, 2.45) is 0 Å². The Labute approximate surface area is 186 Å². The smallest absolute Gasteiger partial charge is 0.263 e. The van der Waals surface area contributed by atoms with E-state index in [1.807, 2.05) is 48.5 Å². The van der Waals surface area contributed by atoms with E-state index in [4.69, 9.17) is 0 Å². The van der Waals surface area contributed by atoms with Gasteiger partial charge in [0.15, 0.2) is 5.16 Å². The van der Waals surface area contributed by atoms with Crippen LogP contribution >= 0.6 is 11.8 Å². The van der Waals surface area contributed by atoms with Gasteiger partial charge in [-0.05, 0) is 36.4 Å². The summed E-state index contributed by atoms with van der Waals surface area (Å²) in [4.78, 5) is 29.7. The Morgan fingerprint density at radius 1 is 1.12 bits per heavy atom. The lowest BCUT2D eigenvalue weighted by Crippen LogP contribution is -2.22. The summed E-state index contributed by atoms with van der Waals surface area (Å²) in [5.74, 6) is 0.387. The van der Waals surface area contributed by atoms with Gasteiger partial charge < -0.3 is 5.32 Å². The lowest BCUT2D eigenvalue weighted by molar-refractivity contribution is -0.113. The molecule has 32 heavy (non-hydrogen) atoms. The van der Waals surface area contributed by atoms with E-state index in [9.17, 15) is 9.59 Å². The Kier molecular flexibility index (Phi) is 5.16. The summed E-state index contributed by atoms with van der Waals surface area (Å²) in [6, 6.07) is 16.7. The van der Waals surface area contributed by atoms with Gasteiger partial charge in [-0.3, -0.25) is 23.5 Å². The standard InChI is InChI=1S/C23H18N6O2S/c1-2-12-28-21(31)17-7-3-4-8-19(17)29-22(28)26-27-23(29)32-14-20(30)25-16-9-10-18-15(13-16)6-5-11-24-18/h2-11,13H,1,12,14H2,(H,25,30). The molecule has 0 saturated carbocycles. The van der Waals surface area contributed by atoms with Gasteiger partial charge in [-0.15, -0.1) is 16.8 Å². The number of amides is 1. The van der Waals surface area contributed by atoms with Gasteiger partial charge in [0, 0.05) is 23.8 Å². The van der Waals surface area contributed by atoms with Crippen molar-refractivity contribution in [2.75, 3.05) is 11.1 Å². The molecular formula is C23H18N6O2S. The maximum Gasteiger partial charge on any atom is 0.263 e. The molecule has 9 heteroatoms. The fraction of sp³-hybridized carbons (Fsp3) is 0.0870. The number of anilines is 1. The summed E-state index contributed by atoms with van der Waals surface area (Å²) >= 11 is 1.26. The minimum Gasteiger partial charge on any atom is -0.325 e. The van der Waals surface area contributed by atoms with Crippen LogP contribution < -0.4 is 10.9 Å². The topological polar surface area (TPSA) is 94.2 Å². The van der Waals surface area contributed by atoms with E-state index in [-0.39, 0.29) is 17.2 Å². The molecule has 1 amide bonds. The lowest BCUT2D eigenvalue weighted by Gasteiger charge is -2.10. The number of hydrogen-bond donors (Lipinski definition) is 1. The van der Waals surface area contributed by atoms with Crippen LogP contribution in [0.2, 0.25) is 0 Å². The molecule has 0 aliphatic rings. The van der Waals surface area contributed by atoms with Gasteiger partial charge in [0.25, 0.3) is 5.56 Å². The number of carbonyl (C=O) groups is 1. The molecule has 0 saturated heterocycles. The number of carbonyl (C=O) groups excluding carboxylic acids is 1. The van der Waals surface area contributed by atoms with Crippen LogP contribution in [0.1, 0.15) is 0 Å². The fourth-order valence-electron chi connectivity index (χ4n) is 3.60. The highest BCUT2D eigenvalue weighted by Crippen LogP contribution is 2.22. The number of rotatable bonds is 6. The minimum absolute atomic E-state index is 0.140. The Morgan fingerprint density at radius 3 is 2.88 bits per heavy atom. The first-order chi connectivity index (χ1) is 15.7. The number of para-hydroxylation sites is 1. The largest absolute Gasteiger partial charge is 0.325 e. The van der Waals surface area contributed by atoms with E-state index in [1.54, 1.807) is 22.7 Å². The molecule has 0 spiro atoms. The number of nitrogens with one attached hydrogen (secondary N) is 1. The SMILES string of the molecule is C=CCn1c(=O)c2ccccc2n2c(SCC(=O)Nc3ccc4ncccc4c3)nnc12. The van der Waals surface area contributed by atoms with E-state index in [0.29, 0.717) is 34.1 Å². The number of nitrogens with zero attached hydrogens (tertiary/aromatic N) is 5. The summed E-state index contributed by atoms with van der Waals surface area (Å²) in [6.07, 6.45) is 3.38. The van der Waals surface area contributed by atoms with E-state index in [0.717, 1.165) is 10.9 Å². The minimum atomic E-state index is -0.168. The first-order valence-corrected chi connectivity index (χ1v) is 10.9. The maximum absolute atomic E-state index is 12.9. The van der Waals surface area contributed by atoms with Crippen molar-refractivity contribution in [3.8, 4) is 0 Å². The quantitative estimate of drug-likeness (QED) is 0.319. The van der Waals surface area contributed by atoms with Crippen LogP contribution in [-0.4, -0.2) is 35.8 Å². The van der Waals surface area contributed by atoms with Crippen molar-refractivity contribution in [1.29, 1.82) is 0 Å². The van der Waals surface area contributed by atoms with Crippen LogP contribution in [0, 0.1) is 0 Å². The molecule has 5 aromatic rings. The van der Waals surface area contributed by atoms with E-state index in [2.05, 4.69) is 27.1 Å². The van der Waals surface area contributed by atoms with Crippen LogP contribution in [0.15, 0.2) is 83.4 Å². The molecule has 0 bridgehead atoms. The second-order valence-electron chi connectivity index (χ2n) is 7.09. The third-order valence-corrected chi connectivity index (χ3v) is 5.94. The van der Waals surface area contributed by atoms with Crippen molar-refractivity contribution in [1.82, 2.24) is 24.1 Å². The van der Waals surface area contributed by atoms with E-state index in [1.165, 1.54) is 16.3 Å². The predicted octanol–water partition coefficient (Wildman–Crippen LogP) is 3.51. The van der Waals surface area contributed by atoms with Crippen molar-refractivity contribution in [3.63, 3.8) is 0 Å². The second kappa shape index (κ2) is 8.27. The third-order valence-electron chi connectivity index (χ3n) is 5.01. The monoisotopic (exact) mass is 442 g/mol. The average Bonchev–Trinajstić information content (AvgIpc) is 3.24. The molecule has 3 aromatic heterocycles. The lowest BCUT2D eigenvalue weighted by atomic mass is 10.2. The predicted molar refractivity (Wildman–Crippen MR) is 126 cm³/mol. The summed E-state index contributed by atoms with van der Waals surface area (Å²) in [6.45, 7) is 4.04. The molecule has 0 fully saturated rings. The van der Waals surface area contributed by atoms with Crippen LogP contribution in [-0.2, 0) is 11.3 Å². The van der Waals surface area contributed by atoms with Crippen LogP contribution in [0.25, 0.3) is 27.6 Å². The first-order valence-electron chi connectivity index (χ1n) is 9.91. The highest BCUT2D eigenvalue weighted by Gasteiger charge is 2.17. The highest BCUT2D eigenvalue weighted by molar-refractivity contribution is 7.99. The molecule has 0 atom stereocenters. The molecule has 2 aromatic carbocycles. The fourth-order valence-corrected chi connectivity index (χ4v) is 4.34. The normalized spacial score (nSPS) is 11.2. The molecule has 5 rings (SSSR count). The van der Waals surface area contributed by atoms with Gasteiger partial charge in [-0.2, -0.15) is 0 Å². The Balaban J connectivity index is 1.43. The van der Waals surface area contributed by atoms with Gasteiger partial charge in [0.1, 0.15) is 0 Å². The summed E-state index contributed by atoms with van der Waals surface area (Å²) in [5.41, 5.74) is 2.11. The van der Waals surface area contributed by atoms with Crippen molar-refractivity contribution in [2.45, 2.75) is 11.7 Å². The summed E-state index contributed by atoms with van der Waals surface area (Å²) in [7, 11) is 0. The number of thioether (sulfide) groups is 1. The zero-order chi connectivity index (χ0) is 22.1. The molecule has 0 aliphatic heterocycles. The first kappa shape index (κ1) is 20.0. The Hall–Kier alpha value is -3.98. The van der Waals surface area contributed by atoms with Gasteiger partial charge in [0.05, 0.1) is 22.2 Å². The Bertz CT molecular complexity index is 1560. The summed E-state index contributed by atoms with van der Waals surface area (Å²) in [5, 5.41) is 13.4. The zero-order valence-electron chi connectivity index (χ0n) is 16.9. The molecule has 158 valence electrons. The van der Waals surface area contributed by atoms with Crippen molar-refractivity contribution < 1.29 is 4.79 Å². The average molecular weight is 443 g/mol. The van der Waals surface area contributed by atoms with Gasteiger partial charge in [-0.1, -0.05) is 36.0 Å². The highest BCUT2D eigenvalue weighted by atomic mass is 32.2. The number of benzene rings is 2. The van der Waals surface area contributed by atoms with Gasteiger partial charge in [-0.25, -0.2) is 0 Å². The zero-order valence-corrected chi connectivity index (χ0v) is 17.7. The molecule has 0 unspecified atom stereocenters. The van der Waals surface area contributed by atoms with Crippen LogP contribution in [0.3, 0.4) is 0 Å². The molecule has 0 aliphatic carbocycles. The number of pyridine rings is 1. The number of fused-ring (bicyclic) bond motifs is 4. The number of aromatic nitrogens is 5. The van der Waals surface area contributed by atoms with Gasteiger partial charge >= 0.3 is 0 Å². The molecule has 3 heterocycles. The maximum atomic E-state index is 12.9. The molecular weight excluding hydrogens is 424 g/mol. The number of allylic oxidation sites excluding steroid dienone is 1. The van der Waals surface area contributed by atoms with E-state index < -0.39 is 0 Å². The Morgan fingerprint density at radius 2 is 2.00 bits per heavy atom. The molecule has 8 nitrogen and oxygen atoms in total. The van der Waals surface area contributed by atoms with Crippen molar-refractivity contribution >= 4 is 50.9 Å². The third kappa shape index (κ3) is 3.52. The molecule has 1 N–H and O–H groups in total. The number of hydrogen-bond acceptors (Lipinski definition) is 6. The molecule has 0 radical (unpaired) electrons. The van der Waals surface area contributed by atoms with Gasteiger partial charge in [0.2, 0.25) is 11.7 Å². The van der Waals surface area contributed by atoms with Crippen LogP contribution in [0.5, 0.6) is 0 Å². The van der Waals surface area contributed by atoms with E-state index >= 15 is 0 Å². The van der Waals surface area contributed by atoms with Crippen LogP contribution in [0.4, 0.5) is 5.69 Å². The summed E-state index contributed by atoms with van der Waals surface area (Å²) < 4.78 is 3.33. The second-order valence-corrected chi connectivity index (χ2v) is 8.03.